The molecule has 0 spiro atoms. The smallest absolute Gasteiger partial charge is 0.301 e. The fourth-order valence-electron chi connectivity index (χ4n) is 4.51. The number of thioether (sulfide) groups is 1. The van der Waals surface area contributed by atoms with E-state index in [1.807, 2.05) is 38.1 Å². The van der Waals surface area contributed by atoms with E-state index in [1.165, 1.54) is 28.0 Å². The third kappa shape index (κ3) is 6.87. The van der Waals surface area contributed by atoms with Crippen molar-refractivity contribution in [1.82, 2.24) is 10.2 Å². The fourth-order valence-corrected chi connectivity index (χ4v) is 6.66. The van der Waals surface area contributed by atoms with Crippen molar-refractivity contribution in [3.8, 4) is 11.5 Å². The highest BCUT2D eigenvalue weighted by atomic mass is 35.5. The van der Waals surface area contributed by atoms with Gasteiger partial charge in [0, 0.05) is 16.3 Å². The summed E-state index contributed by atoms with van der Waals surface area (Å²) in [5.74, 6) is -0.00127. The Hall–Kier alpha value is -3.86. The van der Waals surface area contributed by atoms with E-state index in [2.05, 4.69) is 10.2 Å². The molecule has 2 heterocycles. The summed E-state index contributed by atoms with van der Waals surface area (Å²) in [5, 5.41) is 20.9. The first-order valence-corrected chi connectivity index (χ1v) is 16.1. The Kier molecular flexibility index (Phi) is 10.0. The monoisotopic (exact) mass is 635 g/mol. The molecule has 3 aromatic carbocycles. The molecule has 0 bridgehead atoms. The number of ketones is 1. The maximum absolute atomic E-state index is 13.6. The summed E-state index contributed by atoms with van der Waals surface area (Å²) in [7, 11) is 0. The number of carbonyl (C=O) groups excluding carboxylic acids is 2. The van der Waals surface area contributed by atoms with Crippen molar-refractivity contribution in [3.63, 3.8) is 0 Å². The number of hydrogen-bond acceptors (Lipinski definition) is 9. The molecule has 8 nitrogen and oxygen atoms in total. The largest absolute Gasteiger partial charge is 0.507 e. The first-order valence-electron chi connectivity index (χ1n) is 13.9. The van der Waals surface area contributed by atoms with E-state index >= 15 is 0 Å². The minimum Gasteiger partial charge on any atom is -0.507 e. The van der Waals surface area contributed by atoms with Crippen LogP contribution in [0.4, 0.5) is 5.13 Å². The highest BCUT2D eigenvalue weighted by Gasteiger charge is 2.48. The molecule has 4 aromatic rings. The second-order valence-corrected chi connectivity index (χ2v) is 12.3. The van der Waals surface area contributed by atoms with Crippen LogP contribution in [0.1, 0.15) is 49.4 Å². The number of carbonyl (C=O) groups is 2. The van der Waals surface area contributed by atoms with E-state index in [0.717, 1.165) is 18.4 Å². The molecular weight excluding hydrogens is 606 g/mol. The summed E-state index contributed by atoms with van der Waals surface area (Å²) in [4.78, 5) is 28.4. The lowest BCUT2D eigenvalue weighted by atomic mass is 9.95. The predicted octanol–water partition coefficient (Wildman–Crippen LogP) is 7.69. The molecule has 1 aliphatic heterocycles. The molecule has 43 heavy (non-hydrogen) atoms. The van der Waals surface area contributed by atoms with Gasteiger partial charge in [-0.2, -0.15) is 0 Å². The first kappa shape index (κ1) is 30.6. The van der Waals surface area contributed by atoms with Crippen molar-refractivity contribution in [2.45, 2.75) is 42.8 Å². The topological polar surface area (TPSA) is 102 Å². The summed E-state index contributed by atoms with van der Waals surface area (Å²) in [5.41, 5.74) is 1.92. The summed E-state index contributed by atoms with van der Waals surface area (Å²) < 4.78 is 12.0. The molecule has 1 unspecified atom stereocenters. The summed E-state index contributed by atoms with van der Waals surface area (Å²) >= 11 is 8.94. The number of halogens is 1. The first-order chi connectivity index (χ1) is 20.9. The molecular formula is C32H30ClN3O5S2. The number of benzene rings is 3. The van der Waals surface area contributed by atoms with E-state index in [4.69, 9.17) is 21.1 Å². The number of aliphatic hydroxyl groups is 1. The van der Waals surface area contributed by atoms with Gasteiger partial charge in [0.05, 0.1) is 24.8 Å². The zero-order valence-electron chi connectivity index (χ0n) is 23.7. The zero-order valence-corrected chi connectivity index (χ0v) is 26.0. The van der Waals surface area contributed by atoms with Crippen molar-refractivity contribution in [2.24, 2.45) is 0 Å². The molecule has 0 aliphatic carbocycles. The molecule has 1 aliphatic rings. The summed E-state index contributed by atoms with van der Waals surface area (Å²) in [6, 6.07) is 20.6. The molecule has 1 aromatic heterocycles. The number of amides is 1. The second kappa shape index (κ2) is 14.1. The third-order valence-electron chi connectivity index (χ3n) is 6.62. The Bertz CT molecular complexity index is 1620. The zero-order chi connectivity index (χ0) is 30.3. The van der Waals surface area contributed by atoms with Gasteiger partial charge in [-0.3, -0.25) is 14.5 Å². The molecule has 222 valence electrons. The van der Waals surface area contributed by atoms with Gasteiger partial charge in [0.15, 0.2) is 4.34 Å². The number of aliphatic hydroxyl groups excluding tert-OH is 1. The van der Waals surface area contributed by atoms with E-state index in [9.17, 15) is 14.7 Å². The normalized spacial score (nSPS) is 16.1. The number of ether oxygens (including phenoxy) is 2. The van der Waals surface area contributed by atoms with E-state index in [-0.39, 0.29) is 16.5 Å². The van der Waals surface area contributed by atoms with Gasteiger partial charge < -0.3 is 14.6 Å². The Morgan fingerprint density at radius 2 is 1.56 bits per heavy atom. The molecule has 0 saturated carbocycles. The summed E-state index contributed by atoms with van der Waals surface area (Å²) in [6.45, 7) is 5.16. The van der Waals surface area contributed by atoms with Crippen molar-refractivity contribution in [3.05, 3.63) is 100 Å². The molecule has 1 fully saturated rings. The number of aromatic nitrogens is 2. The van der Waals surface area contributed by atoms with Gasteiger partial charge in [0.25, 0.3) is 5.78 Å². The Balaban J connectivity index is 1.51. The number of Topliss-reactive ketones (excluding diaryl/α,β-unsaturated/α-hetero) is 1. The lowest BCUT2D eigenvalue weighted by molar-refractivity contribution is -0.132. The van der Waals surface area contributed by atoms with Crippen LogP contribution >= 0.6 is 34.7 Å². The molecule has 1 saturated heterocycles. The Morgan fingerprint density at radius 3 is 2.19 bits per heavy atom. The SMILES string of the molecule is CCCOc1ccc(/C(O)=C2/C(=O)C(=O)N(c3nnc(SCc4ccccc4Cl)s3)C2c2ccc(OCCC)cc2)cc1. The number of rotatable bonds is 12. The third-order valence-corrected chi connectivity index (χ3v) is 9.10. The van der Waals surface area contributed by atoms with Crippen molar-refractivity contribution in [2.75, 3.05) is 18.1 Å². The average Bonchev–Trinajstić information content (AvgIpc) is 3.60. The van der Waals surface area contributed by atoms with Gasteiger partial charge in [-0.1, -0.05) is 78.9 Å². The minimum atomic E-state index is -0.925. The van der Waals surface area contributed by atoms with E-state index in [0.29, 0.717) is 51.0 Å². The number of hydrogen-bond donors (Lipinski definition) is 1. The lowest BCUT2D eigenvalue weighted by Crippen LogP contribution is -2.29. The highest BCUT2D eigenvalue weighted by molar-refractivity contribution is 8.00. The van der Waals surface area contributed by atoms with Crippen molar-refractivity contribution < 1.29 is 24.2 Å². The van der Waals surface area contributed by atoms with Crippen LogP contribution in [0.25, 0.3) is 5.76 Å². The van der Waals surface area contributed by atoms with Gasteiger partial charge in [-0.25, -0.2) is 0 Å². The van der Waals surface area contributed by atoms with E-state index in [1.54, 1.807) is 48.5 Å². The predicted molar refractivity (Wildman–Crippen MR) is 170 cm³/mol. The van der Waals surface area contributed by atoms with Crippen LogP contribution in [0, 0.1) is 0 Å². The Morgan fingerprint density at radius 1 is 0.930 bits per heavy atom. The number of anilines is 1. The van der Waals surface area contributed by atoms with Gasteiger partial charge in [-0.15, -0.1) is 10.2 Å². The van der Waals surface area contributed by atoms with Gasteiger partial charge in [0.2, 0.25) is 5.13 Å². The van der Waals surface area contributed by atoms with Crippen LogP contribution in [0.2, 0.25) is 5.02 Å². The average molecular weight is 636 g/mol. The van der Waals surface area contributed by atoms with Crippen LogP contribution in [0.3, 0.4) is 0 Å². The van der Waals surface area contributed by atoms with Crippen LogP contribution in [-0.2, 0) is 15.3 Å². The highest BCUT2D eigenvalue weighted by Crippen LogP contribution is 2.44. The van der Waals surface area contributed by atoms with Gasteiger partial charge in [-0.05, 0) is 66.4 Å². The Labute approximate surface area is 263 Å². The minimum absolute atomic E-state index is 0.0325. The van der Waals surface area contributed by atoms with Crippen LogP contribution in [-0.4, -0.2) is 40.2 Å². The van der Waals surface area contributed by atoms with Crippen molar-refractivity contribution in [1.29, 1.82) is 0 Å². The van der Waals surface area contributed by atoms with Gasteiger partial charge >= 0.3 is 5.91 Å². The standard InChI is InChI=1S/C32H30ClN3O5S2/c1-3-17-40-23-13-9-20(10-14-23)27-26(28(37)21-11-15-24(16-12-21)41-18-4-2)29(38)30(39)36(27)31-34-35-32(43-31)42-19-22-7-5-6-8-25(22)33/h5-16,27,37H,3-4,17-19H2,1-2H3/b28-26-. The molecule has 5 rings (SSSR count). The second-order valence-electron chi connectivity index (χ2n) is 9.69. The molecule has 1 N–H and O–H groups in total. The summed E-state index contributed by atoms with van der Waals surface area (Å²) in [6.07, 6.45) is 1.72. The quantitative estimate of drug-likeness (QED) is 0.0556. The maximum atomic E-state index is 13.6. The van der Waals surface area contributed by atoms with E-state index < -0.39 is 17.7 Å². The molecule has 11 heteroatoms. The van der Waals surface area contributed by atoms with Crippen LogP contribution in [0.15, 0.2) is 82.7 Å². The van der Waals surface area contributed by atoms with Crippen molar-refractivity contribution >= 4 is 57.3 Å². The van der Waals surface area contributed by atoms with Crippen LogP contribution in [0.5, 0.6) is 11.5 Å². The molecule has 0 radical (unpaired) electrons. The lowest BCUT2D eigenvalue weighted by Gasteiger charge is -2.22. The van der Waals surface area contributed by atoms with Gasteiger partial charge in [0.1, 0.15) is 17.3 Å². The molecule has 1 atom stereocenters. The maximum Gasteiger partial charge on any atom is 0.301 e. The fraction of sp³-hybridized carbons (Fsp3) is 0.250. The molecule has 1 amide bonds. The van der Waals surface area contributed by atoms with Crippen LogP contribution < -0.4 is 14.4 Å². The number of nitrogens with zero attached hydrogens (tertiary/aromatic N) is 3.